The average molecular weight is 192 g/mol. The summed E-state index contributed by atoms with van der Waals surface area (Å²) in [6.45, 7) is 6.06. The van der Waals surface area contributed by atoms with Gasteiger partial charge in [-0.2, -0.15) is 9.90 Å². The minimum absolute atomic E-state index is 0.144. The molecule has 0 saturated heterocycles. The van der Waals surface area contributed by atoms with Crippen LogP contribution < -0.4 is 0 Å². The minimum Gasteiger partial charge on any atom is -0.285 e. The van der Waals surface area contributed by atoms with Crippen LogP contribution in [-0.4, -0.2) is 30.4 Å². The lowest BCUT2D eigenvalue weighted by molar-refractivity contribution is 0.306. The number of nitrogens with one attached hydrogen (secondary N) is 1. The smallest absolute Gasteiger partial charge is 0.208 e. The lowest BCUT2D eigenvalue weighted by atomic mass is 10.1. The Morgan fingerprint density at radius 3 is 2.64 bits per heavy atom. The molecule has 6 nitrogen and oxygen atoms in total. The largest absolute Gasteiger partial charge is 0.285 e. The summed E-state index contributed by atoms with van der Waals surface area (Å²) in [5.74, 6) is 0.591. The minimum atomic E-state index is -0.144. The highest BCUT2D eigenvalue weighted by Crippen LogP contribution is 2.14. The van der Waals surface area contributed by atoms with Crippen molar-refractivity contribution >= 4 is 0 Å². The summed E-state index contributed by atoms with van der Waals surface area (Å²) in [6.07, 6.45) is 3.41. The van der Waals surface area contributed by atoms with E-state index in [4.69, 9.17) is 0 Å². The molecule has 0 spiro atoms. The van der Waals surface area contributed by atoms with Crippen molar-refractivity contribution in [2.24, 2.45) is 0 Å². The maximum Gasteiger partial charge on any atom is 0.208 e. The summed E-state index contributed by atoms with van der Waals surface area (Å²) in [5, 5.41) is 18.7. The second-order valence-electron chi connectivity index (χ2n) is 4.06. The maximum absolute atomic E-state index is 4.26. The number of hydrogen-bond acceptors (Lipinski definition) is 4. The molecule has 1 N–H and O–H groups in total. The van der Waals surface area contributed by atoms with Gasteiger partial charge in [0, 0.05) is 6.20 Å². The summed E-state index contributed by atoms with van der Waals surface area (Å²) >= 11 is 0. The van der Waals surface area contributed by atoms with Crippen molar-refractivity contribution < 1.29 is 0 Å². The Balaban J connectivity index is 2.36. The van der Waals surface area contributed by atoms with Crippen LogP contribution in [0.5, 0.6) is 0 Å². The van der Waals surface area contributed by atoms with E-state index in [0.29, 0.717) is 5.82 Å². The third-order valence-corrected chi connectivity index (χ3v) is 1.77. The molecule has 6 heteroatoms. The van der Waals surface area contributed by atoms with Crippen molar-refractivity contribution in [1.29, 1.82) is 0 Å². The molecule has 0 aliphatic rings. The molecular formula is C8H12N6. The van der Waals surface area contributed by atoms with Crippen molar-refractivity contribution in [2.45, 2.75) is 26.3 Å². The van der Waals surface area contributed by atoms with Crippen molar-refractivity contribution in [1.82, 2.24) is 30.4 Å². The zero-order valence-electron chi connectivity index (χ0n) is 8.39. The lowest BCUT2D eigenvalue weighted by Crippen LogP contribution is -2.24. The van der Waals surface area contributed by atoms with Crippen LogP contribution in [0.15, 0.2) is 12.4 Å². The zero-order valence-corrected chi connectivity index (χ0v) is 8.39. The van der Waals surface area contributed by atoms with E-state index in [1.165, 1.54) is 0 Å². The van der Waals surface area contributed by atoms with Gasteiger partial charge in [-0.15, -0.1) is 10.2 Å². The second-order valence-corrected chi connectivity index (χ2v) is 4.06. The van der Waals surface area contributed by atoms with Gasteiger partial charge >= 0.3 is 0 Å². The van der Waals surface area contributed by atoms with Crippen LogP contribution in [0.1, 0.15) is 20.8 Å². The van der Waals surface area contributed by atoms with E-state index in [2.05, 4.69) is 25.6 Å². The van der Waals surface area contributed by atoms with E-state index in [1.54, 1.807) is 17.2 Å². The third-order valence-electron chi connectivity index (χ3n) is 1.77. The number of tetrazole rings is 1. The summed E-state index contributed by atoms with van der Waals surface area (Å²) < 4.78 is 0. The van der Waals surface area contributed by atoms with E-state index >= 15 is 0 Å². The van der Waals surface area contributed by atoms with Gasteiger partial charge in [-0.05, 0) is 26.0 Å². The molecule has 2 aromatic heterocycles. The van der Waals surface area contributed by atoms with Crippen molar-refractivity contribution in [3.63, 3.8) is 0 Å². The number of H-pyrrole nitrogens is 1. The van der Waals surface area contributed by atoms with Crippen molar-refractivity contribution in [2.75, 3.05) is 0 Å². The Kier molecular flexibility index (Phi) is 1.83. The van der Waals surface area contributed by atoms with Gasteiger partial charge in [0.25, 0.3) is 0 Å². The molecule has 0 aliphatic carbocycles. The molecule has 0 saturated carbocycles. The van der Waals surface area contributed by atoms with Gasteiger partial charge in [0.15, 0.2) is 0 Å². The quantitative estimate of drug-likeness (QED) is 0.726. The molecule has 0 unspecified atom stereocenters. The fourth-order valence-electron chi connectivity index (χ4n) is 0.987. The number of hydrogen-bond donors (Lipinski definition) is 1. The van der Waals surface area contributed by atoms with Gasteiger partial charge in [0.1, 0.15) is 0 Å². The normalized spacial score (nSPS) is 11.9. The molecule has 0 bridgehead atoms. The lowest BCUT2D eigenvalue weighted by Gasteiger charge is -2.15. The van der Waals surface area contributed by atoms with E-state index in [1.807, 2.05) is 20.8 Å². The predicted molar refractivity (Wildman–Crippen MR) is 50.4 cm³/mol. The van der Waals surface area contributed by atoms with Gasteiger partial charge in [0.2, 0.25) is 5.82 Å². The molecule has 0 atom stereocenters. The van der Waals surface area contributed by atoms with E-state index < -0.39 is 0 Å². The topological polar surface area (TPSA) is 72.3 Å². The fraction of sp³-hybridized carbons (Fsp3) is 0.500. The van der Waals surface area contributed by atoms with Crippen LogP contribution in [0.2, 0.25) is 0 Å². The summed E-state index contributed by atoms with van der Waals surface area (Å²) in [5.41, 5.74) is 0.704. The molecule has 0 aromatic carbocycles. The number of aromatic nitrogens is 6. The molecular weight excluding hydrogens is 180 g/mol. The van der Waals surface area contributed by atoms with E-state index in [0.717, 1.165) is 5.56 Å². The first-order chi connectivity index (χ1) is 6.57. The molecule has 0 amide bonds. The molecule has 2 rings (SSSR count). The molecule has 2 heterocycles. The molecule has 74 valence electrons. The highest BCUT2D eigenvalue weighted by molar-refractivity contribution is 5.50. The van der Waals surface area contributed by atoms with Crippen LogP contribution >= 0.6 is 0 Å². The molecule has 2 aromatic rings. The number of nitrogens with zero attached hydrogens (tertiary/aromatic N) is 5. The van der Waals surface area contributed by atoms with Gasteiger partial charge in [-0.3, -0.25) is 5.10 Å². The first-order valence-electron chi connectivity index (χ1n) is 4.37. The monoisotopic (exact) mass is 192 g/mol. The maximum atomic E-state index is 4.26. The summed E-state index contributed by atoms with van der Waals surface area (Å²) in [4.78, 5) is 1.59. The van der Waals surface area contributed by atoms with Crippen LogP contribution in [0.25, 0.3) is 11.4 Å². The van der Waals surface area contributed by atoms with Gasteiger partial charge in [0.05, 0.1) is 17.3 Å². The standard InChI is InChI=1S/C8H12N6/c1-8(2,3)14-12-7(11-13-14)6-4-9-10-5-6/h4-5H,1-3H3,(H,9,10). The van der Waals surface area contributed by atoms with Gasteiger partial charge in [-0.1, -0.05) is 0 Å². The molecule has 14 heavy (non-hydrogen) atoms. The van der Waals surface area contributed by atoms with Crippen LogP contribution in [0, 0.1) is 0 Å². The Bertz CT molecular complexity index is 407. The Morgan fingerprint density at radius 2 is 2.14 bits per heavy atom. The third kappa shape index (κ3) is 1.50. The van der Waals surface area contributed by atoms with Gasteiger partial charge < -0.3 is 0 Å². The Hall–Kier alpha value is -1.72. The van der Waals surface area contributed by atoms with Crippen LogP contribution in [-0.2, 0) is 5.54 Å². The van der Waals surface area contributed by atoms with E-state index in [9.17, 15) is 0 Å². The van der Waals surface area contributed by atoms with Crippen molar-refractivity contribution in [3.8, 4) is 11.4 Å². The van der Waals surface area contributed by atoms with Crippen LogP contribution in [0.3, 0.4) is 0 Å². The highest BCUT2D eigenvalue weighted by Gasteiger charge is 2.17. The molecule has 0 aliphatic heterocycles. The summed E-state index contributed by atoms with van der Waals surface area (Å²) in [7, 11) is 0. The van der Waals surface area contributed by atoms with Crippen molar-refractivity contribution in [3.05, 3.63) is 12.4 Å². The predicted octanol–water partition coefficient (Wildman–Crippen LogP) is 0.818. The molecule has 0 fully saturated rings. The summed E-state index contributed by atoms with van der Waals surface area (Å²) in [6, 6.07) is 0. The Labute approximate surface area is 81.3 Å². The number of aromatic amines is 1. The first kappa shape index (κ1) is 8.86. The Morgan fingerprint density at radius 1 is 1.36 bits per heavy atom. The second kappa shape index (κ2) is 2.90. The van der Waals surface area contributed by atoms with E-state index in [-0.39, 0.29) is 5.54 Å². The molecule has 0 radical (unpaired) electrons. The highest BCUT2D eigenvalue weighted by atomic mass is 15.6. The first-order valence-corrected chi connectivity index (χ1v) is 4.37. The zero-order chi connectivity index (χ0) is 10.2. The van der Waals surface area contributed by atoms with Gasteiger partial charge in [-0.25, -0.2) is 0 Å². The fourth-order valence-corrected chi connectivity index (χ4v) is 0.987. The number of rotatable bonds is 1. The SMILES string of the molecule is CC(C)(C)n1nnc(-c2cn[nH]c2)n1. The van der Waals surface area contributed by atoms with Crippen LogP contribution in [0.4, 0.5) is 0 Å². The average Bonchev–Trinajstić information content (AvgIpc) is 2.73.